The Balaban J connectivity index is 1.91. The van der Waals surface area contributed by atoms with E-state index < -0.39 is 11.4 Å². The lowest BCUT2D eigenvalue weighted by atomic mass is 9.93. The highest BCUT2D eigenvalue weighted by molar-refractivity contribution is 6.29. The smallest absolute Gasteiger partial charge is 0.310 e. The SMILES string of the molecule is CC(C)(CN1CCN(c2cccc(Cl)n2)CC1)C(=O)O. The topological polar surface area (TPSA) is 56.7 Å². The fourth-order valence-corrected chi connectivity index (χ4v) is 2.49. The van der Waals surface area contributed by atoms with Crippen LogP contribution in [0.25, 0.3) is 0 Å². The Hall–Kier alpha value is -1.33. The Kier molecular flexibility index (Phi) is 4.50. The maximum atomic E-state index is 11.2. The number of hydrogen-bond donors (Lipinski definition) is 1. The van der Waals surface area contributed by atoms with Crippen LogP contribution in [-0.2, 0) is 4.79 Å². The van der Waals surface area contributed by atoms with E-state index in [-0.39, 0.29) is 0 Å². The molecular formula is C14H20ClN3O2. The van der Waals surface area contributed by atoms with E-state index in [1.54, 1.807) is 19.9 Å². The summed E-state index contributed by atoms with van der Waals surface area (Å²) in [5.74, 6) is 0.131. The molecule has 2 heterocycles. The third-order valence-corrected chi connectivity index (χ3v) is 3.81. The van der Waals surface area contributed by atoms with Crippen molar-refractivity contribution in [1.82, 2.24) is 9.88 Å². The molecule has 1 aliphatic heterocycles. The van der Waals surface area contributed by atoms with Gasteiger partial charge in [0.15, 0.2) is 0 Å². The van der Waals surface area contributed by atoms with Gasteiger partial charge in [0.25, 0.3) is 0 Å². The van der Waals surface area contributed by atoms with Crippen LogP contribution < -0.4 is 4.90 Å². The van der Waals surface area contributed by atoms with Gasteiger partial charge in [0.1, 0.15) is 11.0 Å². The highest BCUT2D eigenvalue weighted by Gasteiger charge is 2.31. The van der Waals surface area contributed by atoms with Crippen molar-refractivity contribution in [3.63, 3.8) is 0 Å². The summed E-state index contributed by atoms with van der Waals surface area (Å²) in [5.41, 5.74) is -0.712. The summed E-state index contributed by atoms with van der Waals surface area (Å²) in [7, 11) is 0. The van der Waals surface area contributed by atoms with Gasteiger partial charge in [0.2, 0.25) is 0 Å². The Labute approximate surface area is 124 Å². The number of carboxylic acids is 1. The molecule has 20 heavy (non-hydrogen) atoms. The van der Waals surface area contributed by atoms with Crippen LogP contribution in [0.15, 0.2) is 18.2 Å². The molecule has 0 aliphatic carbocycles. The molecule has 1 fully saturated rings. The lowest BCUT2D eigenvalue weighted by Crippen LogP contribution is -2.50. The Morgan fingerprint density at radius 1 is 1.35 bits per heavy atom. The number of carbonyl (C=O) groups is 1. The molecule has 0 radical (unpaired) electrons. The average Bonchev–Trinajstić information content (AvgIpc) is 2.39. The molecule has 1 aliphatic rings. The van der Waals surface area contributed by atoms with Gasteiger partial charge in [-0.05, 0) is 26.0 Å². The fourth-order valence-electron chi connectivity index (χ4n) is 2.34. The van der Waals surface area contributed by atoms with Crippen LogP contribution >= 0.6 is 11.6 Å². The first kappa shape index (κ1) is 15.1. The van der Waals surface area contributed by atoms with Crippen molar-refractivity contribution >= 4 is 23.4 Å². The van der Waals surface area contributed by atoms with Crippen LogP contribution in [-0.4, -0.2) is 53.7 Å². The van der Waals surface area contributed by atoms with E-state index in [0.717, 1.165) is 32.0 Å². The summed E-state index contributed by atoms with van der Waals surface area (Å²) in [4.78, 5) is 19.8. The van der Waals surface area contributed by atoms with Crippen LogP contribution in [0, 0.1) is 5.41 Å². The second-order valence-electron chi connectivity index (χ2n) is 5.77. The predicted octanol–water partition coefficient (Wildman–Crippen LogP) is 1.97. The number of halogens is 1. The first-order valence-electron chi connectivity index (χ1n) is 6.72. The summed E-state index contributed by atoms with van der Waals surface area (Å²) in [6, 6.07) is 5.60. The molecule has 0 aromatic carbocycles. The van der Waals surface area contributed by atoms with E-state index >= 15 is 0 Å². The Morgan fingerprint density at radius 3 is 2.55 bits per heavy atom. The zero-order valence-corrected chi connectivity index (χ0v) is 12.6. The van der Waals surface area contributed by atoms with Crippen molar-refractivity contribution in [3.8, 4) is 0 Å². The molecule has 1 aromatic rings. The van der Waals surface area contributed by atoms with Gasteiger partial charge < -0.3 is 10.0 Å². The summed E-state index contributed by atoms with van der Waals surface area (Å²) in [6.07, 6.45) is 0. The Bertz CT molecular complexity index is 485. The van der Waals surface area contributed by atoms with E-state index in [0.29, 0.717) is 11.7 Å². The van der Waals surface area contributed by atoms with Gasteiger partial charge in [0, 0.05) is 32.7 Å². The molecule has 6 heteroatoms. The van der Waals surface area contributed by atoms with Crippen molar-refractivity contribution in [3.05, 3.63) is 23.4 Å². The minimum absolute atomic E-state index is 0.497. The molecule has 0 bridgehead atoms. The van der Waals surface area contributed by atoms with Gasteiger partial charge in [0.05, 0.1) is 5.41 Å². The largest absolute Gasteiger partial charge is 0.481 e. The number of nitrogens with zero attached hydrogens (tertiary/aromatic N) is 3. The number of aromatic nitrogens is 1. The molecule has 1 saturated heterocycles. The van der Waals surface area contributed by atoms with Gasteiger partial charge in [-0.25, -0.2) is 4.98 Å². The molecule has 0 atom stereocenters. The number of piperazine rings is 1. The van der Waals surface area contributed by atoms with Crippen LogP contribution in [0.1, 0.15) is 13.8 Å². The Morgan fingerprint density at radius 2 is 2.00 bits per heavy atom. The summed E-state index contributed by atoms with van der Waals surface area (Å²) >= 11 is 5.90. The van der Waals surface area contributed by atoms with Crippen molar-refractivity contribution < 1.29 is 9.90 Å². The highest BCUT2D eigenvalue weighted by atomic mass is 35.5. The van der Waals surface area contributed by atoms with Gasteiger partial charge in [-0.3, -0.25) is 9.69 Å². The zero-order chi connectivity index (χ0) is 14.8. The second kappa shape index (κ2) is 5.97. The molecule has 1 aromatic heterocycles. The number of hydrogen-bond acceptors (Lipinski definition) is 4. The van der Waals surface area contributed by atoms with Gasteiger partial charge in [-0.2, -0.15) is 0 Å². The molecule has 110 valence electrons. The van der Waals surface area contributed by atoms with Crippen molar-refractivity contribution in [1.29, 1.82) is 0 Å². The number of anilines is 1. The lowest BCUT2D eigenvalue weighted by molar-refractivity contribution is -0.148. The molecule has 2 rings (SSSR count). The summed E-state index contributed by atoms with van der Waals surface area (Å²) < 4.78 is 0. The molecule has 0 amide bonds. The van der Waals surface area contributed by atoms with E-state index in [4.69, 9.17) is 11.6 Å². The number of carboxylic acid groups (broad SMARTS) is 1. The summed E-state index contributed by atoms with van der Waals surface area (Å²) in [6.45, 7) is 7.45. The minimum Gasteiger partial charge on any atom is -0.481 e. The summed E-state index contributed by atoms with van der Waals surface area (Å²) in [5, 5.41) is 9.67. The molecule has 5 nitrogen and oxygen atoms in total. The number of pyridine rings is 1. The first-order valence-corrected chi connectivity index (χ1v) is 7.09. The standard InChI is InChI=1S/C14H20ClN3O2/c1-14(2,13(19)20)10-17-6-8-18(9-7-17)12-5-3-4-11(15)16-12/h3-5H,6-10H2,1-2H3,(H,19,20). The highest BCUT2D eigenvalue weighted by Crippen LogP contribution is 2.20. The third kappa shape index (κ3) is 3.61. The van der Waals surface area contributed by atoms with Gasteiger partial charge in [-0.15, -0.1) is 0 Å². The van der Waals surface area contributed by atoms with Gasteiger partial charge >= 0.3 is 5.97 Å². The monoisotopic (exact) mass is 297 g/mol. The molecule has 0 saturated carbocycles. The molecule has 0 unspecified atom stereocenters. The van der Waals surface area contributed by atoms with Crippen LogP contribution in [0.2, 0.25) is 5.15 Å². The molecule has 1 N–H and O–H groups in total. The maximum absolute atomic E-state index is 11.2. The van der Waals surface area contributed by atoms with E-state index in [2.05, 4.69) is 14.8 Å². The molecular weight excluding hydrogens is 278 g/mol. The number of rotatable bonds is 4. The lowest BCUT2D eigenvalue weighted by Gasteiger charge is -2.38. The van der Waals surface area contributed by atoms with E-state index in [9.17, 15) is 9.90 Å². The van der Waals surface area contributed by atoms with E-state index in [1.807, 2.05) is 12.1 Å². The second-order valence-corrected chi connectivity index (χ2v) is 6.16. The minimum atomic E-state index is -0.753. The fraction of sp³-hybridized carbons (Fsp3) is 0.571. The van der Waals surface area contributed by atoms with Crippen molar-refractivity contribution in [2.45, 2.75) is 13.8 Å². The van der Waals surface area contributed by atoms with Crippen molar-refractivity contribution in [2.24, 2.45) is 5.41 Å². The zero-order valence-electron chi connectivity index (χ0n) is 11.8. The number of aliphatic carboxylic acids is 1. The quantitative estimate of drug-likeness (QED) is 0.861. The van der Waals surface area contributed by atoms with Crippen LogP contribution in [0.4, 0.5) is 5.82 Å². The van der Waals surface area contributed by atoms with Crippen molar-refractivity contribution in [2.75, 3.05) is 37.6 Å². The molecule has 0 spiro atoms. The van der Waals surface area contributed by atoms with Gasteiger partial charge in [-0.1, -0.05) is 17.7 Å². The predicted molar refractivity (Wildman–Crippen MR) is 79.3 cm³/mol. The average molecular weight is 298 g/mol. The third-order valence-electron chi connectivity index (χ3n) is 3.59. The maximum Gasteiger partial charge on any atom is 0.310 e. The van der Waals surface area contributed by atoms with Crippen LogP contribution in [0.5, 0.6) is 0 Å². The first-order chi connectivity index (χ1) is 9.38. The van der Waals surface area contributed by atoms with Crippen LogP contribution in [0.3, 0.4) is 0 Å². The normalized spacial score (nSPS) is 17.2. The van der Waals surface area contributed by atoms with E-state index in [1.165, 1.54) is 0 Å².